The van der Waals surface area contributed by atoms with Crippen molar-refractivity contribution in [2.45, 2.75) is 24.9 Å². The average molecular weight is 470 g/mol. The number of alkyl halides is 3. The summed E-state index contributed by atoms with van der Waals surface area (Å²) in [6, 6.07) is 10.3. The quantitative estimate of drug-likeness (QED) is 0.400. The Hall–Kier alpha value is -4.02. The standard InChI is InChI=1S/C23H21F3N6O2/c24-23(25,26)17-12-15(20(33)31-22(27)28)3-5-16(17)13-7-10-32(11-8-13)21(34)18-6-4-14-2-1-9-29-19(14)30-18/h1-6,9,12-13H,7-8,10-11H2,(H4,27,28,31,33). The molecule has 4 N–H and O–H groups in total. The molecule has 0 unspecified atom stereocenters. The smallest absolute Gasteiger partial charge is 0.370 e. The summed E-state index contributed by atoms with van der Waals surface area (Å²) in [7, 11) is 0. The minimum absolute atomic E-state index is 0.0759. The maximum Gasteiger partial charge on any atom is 0.416 e. The highest BCUT2D eigenvalue weighted by Gasteiger charge is 2.37. The number of piperidine rings is 1. The summed E-state index contributed by atoms with van der Waals surface area (Å²) < 4.78 is 41.4. The molecule has 1 aliphatic heterocycles. The summed E-state index contributed by atoms with van der Waals surface area (Å²) in [4.78, 5) is 34.9. The maximum atomic E-state index is 13.8. The van der Waals surface area contributed by atoms with E-state index in [0.29, 0.717) is 18.5 Å². The van der Waals surface area contributed by atoms with E-state index < -0.39 is 29.5 Å². The third-order valence-corrected chi connectivity index (χ3v) is 5.77. The first-order chi connectivity index (χ1) is 16.1. The number of pyridine rings is 2. The number of nitrogens with two attached hydrogens (primary N) is 1. The van der Waals surface area contributed by atoms with Gasteiger partial charge in [-0.2, -0.15) is 13.2 Å². The zero-order valence-electron chi connectivity index (χ0n) is 17.9. The molecule has 34 heavy (non-hydrogen) atoms. The molecule has 0 aliphatic carbocycles. The highest BCUT2D eigenvalue weighted by molar-refractivity contribution is 6.04. The molecule has 0 atom stereocenters. The molecule has 1 aromatic carbocycles. The van der Waals surface area contributed by atoms with Crippen LogP contribution < -0.4 is 11.1 Å². The number of hydrogen-bond acceptors (Lipinski definition) is 5. The number of nitrogens with zero attached hydrogens (tertiary/aromatic N) is 3. The molecule has 1 saturated heterocycles. The van der Waals surface area contributed by atoms with Crippen molar-refractivity contribution < 1.29 is 22.8 Å². The van der Waals surface area contributed by atoms with Gasteiger partial charge in [0.25, 0.3) is 11.8 Å². The van der Waals surface area contributed by atoms with E-state index >= 15 is 0 Å². The van der Waals surface area contributed by atoms with Gasteiger partial charge in [0.1, 0.15) is 5.69 Å². The Morgan fingerprint density at radius 2 is 1.85 bits per heavy atom. The largest absolute Gasteiger partial charge is 0.416 e. The van der Waals surface area contributed by atoms with E-state index in [1.807, 2.05) is 11.4 Å². The topological polar surface area (TPSA) is 125 Å². The van der Waals surface area contributed by atoms with E-state index in [-0.39, 0.29) is 35.8 Å². The van der Waals surface area contributed by atoms with Crippen molar-refractivity contribution in [3.63, 3.8) is 0 Å². The molecule has 3 heterocycles. The van der Waals surface area contributed by atoms with Crippen LogP contribution in [0.2, 0.25) is 0 Å². The third-order valence-electron chi connectivity index (χ3n) is 5.77. The van der Waals surface area contributed by atoms with Gasteiger partial charge in [-0.05, 0) is 60.7 Å². The summed E-state index contributed by atoms with van der Waals surface area (Å²) in [5.74, 6) is -2.27. The van der Waals surface area contributed by atoms with Crippen LogP contribution in [0, 0.1) is 5.41 Å². The second-order valence-corrected chi connectivity index (χ2v) is 7.98. The van der Waals surface area contributed by atoms with Crippen LogP contribution in [0.4, 0.5) is 13.2 Å². The summed E-state index contributed by atoms with van der Waals surface area (Å²) in [5.41, 5.74) is 4.71. The predicted molar refractivity (Wildman–Crippen MR) is 118 cm³/mol. The van der Waals surface area contributed by atoms with Crippen LogP contribution in [0.15, 0.2) is 48.7 Å². The molecular formula is C23H21F3N6O2. The fourth-order valence-electron chi connectivity index (χ4n) is 4.12. The molecule has 176 valence electrons. The van der Waals surface area contributed by atoms with Crippen molar-refractivity contribution in [3.8, 4) is 0 Å². The van der Waals surface area contributed by atoms with E-state index in [1.54, 1.807) is 29.3 Å². The molecule has 11 heteroatoms. The summed E-state index contributed by atoms with van der Waals surface area (Å²) in [6.45, 7) is 0.546. The molecule has 2 amide bonds. The number of aromatic nitrogens is 2. The van der Waals surface area contributed by atoms with Crippen LogP contribution in [-0.4, -0.2) is 45.7 Å². The van der Waals surface area contributed by atoms with Crippen LogP contribution in [0.1, 0.15) is 50.7 Å². The summed E-state index contributed by atoms with van der Waals surface area (Å²) in [5, 5.41) is 9.88. The number of benzene rings is 1. The average Bonchev–Trinajstić information content (AvgIpc) is 2.82. The van der Waals surface area contributed by atoms with E-state index in [1.165, 1.54) is 12.1 Å². The molecule has 1 fully saturated rings. The zero-order valence-corrected chi connectivity index (χ0v) is 17.9. The minimum atomic E-state index is -4.67. The monoisotopic (exact) mass is 470 g/mol. The zero-order chi connectivity index (χ0) is 24.5. The van der Waals surface area contributed by atoms with Crippen LogP contribution in [0.25, 0.3) is 11.0 Å². The van der Waals surface area contributed by atoms with Gasteiger partial charge < -0.3 is 10.6 Å². The second-order valence-electron chi connectivity index (χ2n) is 7.98. The van der Waals surface area contributed by atoms with Gasteiger partial charge in [0, 0.05) is 30.2 Å². The van der Waals surface area contributed by atoms with Gasteiger partial charge in [-0.25, -0.2) is 9.97 Å². The van der Waals surface area contributed by atoms with Crippen molar-refractivity contribution in [3.05, 3.63) is 71.0 Å². The lowest BCUT2D eigenvalue weighted by molar-refractivity contribution is -0.138. The molecule has 2 aromatic heterocycles. The number of carbonyl (C=O) groups is 2. The lowest BCUT2D eigenvalue weighted by Crippen LogP contribution is -2.38. The Balaban J connectivity index is 1.51. The predicted octanol–water partition coefficient (Wildman–Crippen LogP) is 3.29. The van der Waals surface area contributed by atoms with Gasteiger partial charge in [0.05, 0.1) is 5.56 Å². The number of rotatable bonds is 3. The SMILES string of the molecule is N=C(N)NC(=O)c1ccc(C2CCN(C(=O)c3ccc4cccnc4n3)CC2)c(C(F)(F)F)c1. The number of fused-ring (bicyclic) bond motifs is 1. The molecule has 0 saturated carbocycles. The van der Waals surface area contributed by atoms with Crippen LogP contribution in [0.3, 0.4) is 0 Å². The third kappa shape index (κ3) is 4.82. The number of likely N-dealkylation sites (tertiary alicyclic amines) is 1. The van der Waals surface area contributed by atoms with Gasteiger partial charge in [-0.1, -0.05) is 6.07 Å². The molecular weight excluding hydrogens is 449 g/mol. The molecule has 8 nitrogen and oxygen atoms in total. The maximum absolute atomic E-state index is 13.8. The van der Waals surface area contributed by atoms with Crippen LogP contribution in [-0.2, 0) is 6.18 Å². The highest BCUT2D eigenvalue weighted by Crippen LogP contribution is 2.39. The number of amides is 2. The van der Waals surface area contributed by atoms with Crippen molar-refractivity contribution in [2.75, 3.05) is 13.1 Å². The summed E-state index contributed by atoms with van der Waals surface area (Å²) in [6.07, 6.45) is -2.42. The number of hydrogen-bond donors (Lipinski definition) is 3. The van der Waals surface area contributed by atoms with Crippen molar-refractivity contribution in [2.24, 2.45) is 5.73 Å². The number of carbonyl (C=O) groups excluding carboxylic acids is 2. The van der Waals surface area contributed by atoms with Crippen molar-refractivity contribution in [1.29, 1.82) is 5.41 Å². The van der Waals surface area contributed by atoms with E-state index in [0.717, 1.165) is 11.5 Å². The first kappa shape index (κ1) is 23.1. The number of nitrogens with one attached hydrogen (secondary N) is 2. The first-order valence-electron chi connectivity index (χ1n) is 10.5. The summed E-state index contributed by atoms with van der Waals surface area (Å²) >= 11 is 0. The lowest BCUT2D eigenvalue weighted by Gasteiger charge is -2.33. The van der Waals surface area contributed by atoms with Gasteiger partial charge in [-0.15, -0.1) is 0 Å². The molecule has 3 aromatic rings. The van der Waals surface area contributed by atoms with Crippen molar-refractivity contribution >= 4 is 28.8 Å². The van der Waals surface area contributed by atoms with Crippen LogP contribution in [0.5, 0.6) is 0 Å². The van der Waals surface area contributed by atoms with E-state index in [4.69, 9.17) is 11.1 Å². The fourth-order valence-corrected chi connectivity index (χ4v) is 4.12. The van der Waals surface area contributed by atoms with E-state index in [2.05, 4.69) is 9.97 Å². The molecule has 0 bridgehead atoms. The molecule has 1 aliphatic rings. The Kier molecular flexibility index (Phi) is 6.18. The second kappa shape index (κ2) is 9.08. The Bertz CT molecular complexity index is 1270. The van der Waals surface area contributed by atoms with E-state index in [9.17, 15) is 22.8 Å². The van der Waals surface area contributed by atoms with Gasteiger partial charge >= 0.3 is 6.18 Å². The van der Waals surface area contributed by atoms with Gasteiger partial charge in [-0.3, -0.25) is 20.3 Å². The highest BCUT2D eigenvalue weighted by atomic mass is 19.4. The minimum Gasteiger partial charge on any atom is -0.370 e. The van der Waals surface area contributed by atoms with Gasteiger partial charge in [0.15, 0.2) is 11.6 Å². The Morgan fingerprint density at radius 3 is 2.53 bits per heavy atom. The lowest BCUT2D eigenvalue weighted by atomic mass is 9.85. The molecule has 0 spiro atoms. The van der Waals surface area contributed by atoms with Crippen LogP contribution >= 0.6 is 0 Å². The first-order valence-corrected chi connectivity index (χ1v) is 10.5. The molecule has 4 rings (SSSR count). The Morgan fingerprint density at radius 1 is 1.12 bits per heavy atom. The van der Waals surface area contributed by atoms with Gasteiger partial charge in [0.2, 0.25) is 0 Å². The molecule has 0 radical (unpaired) electrons. The number of guanidine groups is 1. The number of halogens is 3. The fraction of sp³-hybridized carbons (Fsp3) is 0.261. The Labute approximate surface area is 192 Å². The normalized spacial score (nSPS) is 14.7. The van der Waals surface area contributed by atoms with Crippen molar-refractivity contribution in [1.82, 2.24) is 20.2 Å².